The molecule has 0 unspecified atom stereocenters. The zero-order chi connectivity index (χ0) is 55.0. The molecule has 0 saturated heterocycles. The monoisotopic (exact) mass is 1350 g/mol. The van der Waals surface area contributed by atoms with E-state index in [0.29, 0.717) is 0 Å². The molecule has 0 spiro atoms. The largest absolute Gasteiger partial charge is 1.00 e. The molecule has 0 amide bonds. The van der Waals surface area contributed by atoms with Crippen molar-refractivity contribution in [1.29, 1.82) is 0 Å². The first kappa shape index (κ1) is 70.2. The summed E-state index contributed by atoms with van der Waals surface area (Å²) in [7, 11) is -7.94. The summed E-state index contributed by atoms with van der Waals surface area (Å²) in [4.78, 5) is 34.7. The molecule has 394 valence electrons. The minimum absolute atomic E-state index is 0. The molecule has 0 saturated carbocycles. The summed E-state index contributed by atoms with van der Waals surface area (Å²) in [5, 5.41) is 16.4. The summed E-state index contributed by atoms with van der Waals surface area (Å²) in [6, 6.07) is 6.77. The number of hydrogen-bond donors (Lipinski definition) is 3. The number of amidine groups is 2. The van der Waals surface area contributed by atoms with Crippen LogP contribution in [0.15, 0.2) is 71.2 Å². The summed E-state index contributed by atoms with van der Waals surface area (Å²) >= 11 is 5.62. The van der Waals surface area contributed by atoms with Gasteiger partial charge in [0.05, 0.1) is 36.3 Å². The van der Waals surface area contributed by atoms with Crippen LogP contribution in [0, 0.1) is 35.3 Å². The van der Waals surface area contributed by atoms with Crippen LogP contribution >= 0.6 is 11.6 Å². The van der Waals surface area contributed by atoms with Crippen molar-refractivity contribution in [3.8, 4) is 29.6 Å². The number of carbonyl (C=O) groups excluding carboxylic acids is 1. The third-order valence-electron chi connectivity index (χ3n) is 10.8. The number of aromatic nitrogens is 4. The third-order valence-corrected chi connectivity index (χ3v) is 16.3. The van der Waals surface area contributed by atoms with Crippen molar-refractivity contribution in [2.45, 2.75) is 62.1 Å². The van der Waals surface area contributed by atoms with E-state index in [2.05, 4.69) is 58.5 Å². The molecule has 75 heavy (non-hydrogen) atoms. The number of hydrogen-bond acceptors (Lipinski definition) is 17. The van der Waals surface area contributed by atoms with Crippen LogP contribution in [0.5, 0.6) is 5.88 Å². The fourth-order valence-electron chi connectivity index (χ4n) is 6.29. The summed E-state index contributed by atoms with van der Waals surface area (Å²) in [5.74, 6) is 4.83. The Morgan fingerprint density at radius 2 is 1.17 bits per heavy atom. The van der Waals surface area contributed by atoms with E-state index < -0.39 is 88.4 Å². The van der Waals surface area contributed by atoms with Crippen molar-refractivity contribution >= 4 is 73.2 Å². The number of benzene rings is 2. The Balaban J connectivity index is 0.00000124. The normalized spacial score (nSPS) is 19.5. The second-order valence-corrected chi connectivity index (χ2v) is 21.7. The molecule has 0 aliphatic carbocycles. The molecule has 2 aliphatic heterocycles. The summed E-state index contributed by atoms with van der Waals surface area (Å²) in [6.45, 7) is 6.03. The average molecular weight is 1350 g/mol. The fourth-order valence-corrected chi connectivity index (χ4v) is 9.69. The molecule has 4 aromatic rings. The molecular weight excluding hydrogens is 1300 g/mol. The fraction of sp³-hybridized carbons (Fsp3) is 0.340. The Morgan fingerprint density at radius 3 is 1.48 bits per heavy atom. The van der Waals surface area contributed by atoms with Gasteiger partial charge in [-0.1, -0.05) is 35.6 Å². The van der Waals surface area contributed by atoms with Crippen LogP contribution < -0.4 is 159 Å². The van der Waals surface area contributed by atoms with Crippen LogP contribution in [0.3, 0.4) is 0 Å². The Labute approximate surface area is 554 Å². The molecule has 5 N–H and O–H groups in total. The van der Waals surface area contributed by atoms with Gasteiger partial charge in [-0.25, -0.2) is 63.1 Å². The van der Waals surface area contributed by atoms with Gasteiger partial charge in [-0.3, -0.25) is 14.8 Å². The molecule has 17 nitrogen and oxygen atoms in total. The van der Waals surface area contributed by atoms with Gasteiger partial charge in [-0.05, 0) is 89.1 Å². The number of rotatable bonds is 11. The number of aliphatic hydroxyl groups is 1. The predicted octanol–water partition coefficient (Wildman–Crippen LogP) is -0.763. The van der Waals surface area contributed by atoms with Crippen LogP contribution in [0.4, 0.5) is 26.3 Å². The minimum atomic E-state index is -3.98. The molecule has 2 aromatic carbocycles. The smallest absolute Gasteiger partial charge is 1.00 e. The zero-order valence-electron chi connectivity index (χ0n) is 42.8. The maximum atomic E-state index is 14.8. The number of alkyl halides is 2. The number of sulfone groups is 2. The van der Waals surface area contributed by atoms with Crippen molar-refractivity contribution in [3.05, 3.63) is 112 Å². The molecule has 0 fully saturated rings. The quantitative estimate of drug-likeness (QED) is 0.0548. The van der Waals surface area contributed by atoms with Gasteiger partial charge in [0.1, 0.15) is 80.4 Å². The van der Waals surface area contributed by atoms with Crippen molar-refractivity contribution in [3.63, 3.8) is 0 Å². The Bertz CT molecular complexity index is 3130. The van der Waals surface area contributed by atoms with Gasteiger partial charge < -0.3 is 32.9 Å². The Kier molecular flexibility index (Phi) is 29.1. The first-order chi connectivity index (χ1) is 34.2. The van der Waals surface area contributed by atoms with Crippen LogP contribution in [0.2, 0.25) is 5.15 Å². The minimum Gasteiger partial charge on any atom is -1.00 e. The van der Waals surface area contributed by atoms with Crippen LogP contribution in [-0.4, -0.2) is 108 Å². The van der Waals surface area contributed by atoms with Gasteiger partial charge in [0.15, 0.2) is 37.9 Å². The summed E-state index contributed by atoms with van der Waals surface area (Å²) < 4.78 is 140. The molecule has 2 atom stereocenters. The standard InChI is InChI=1S/C23H23F3N4O3S.C19H18ClF3N4O2S.C4H6O.CH2O3.2Cs.H/c1-4-5-8-33-20-12-28-19(11-29-20)18(26)10-15-6-7-17(25)16(9-15)23(13-24)14-34(31,32)22(2,3)21(27)30-23;1-18(2)17(24)27-19(9-21,10-30(18,28)29)12-5-11(3-4-13(12)22)6-14(23)15-7-26-16(20)8-25-15;1-2-3-4-5;2-1-4-3;;;/h6-7,9-12H,8,13-14H2,1-3H3,(H2,27,30);3-8H,9-10H2,1-2H3,(H2,24,27);5H,4H2,1H3;1,3H;;;/q;;;;2*+1;-1/p-1/b18-10-;14-6-;;;;;/t23-;19-;;;;;/m00...../s1. The van der Waals surface area contributed by atoms with E-state index in [-0.39, 0.29) is 215 Å². The van der Waals surface area contributed by atoms with Gasteiger partial charge in [-0.2, -0.15) is 0 Å². The van der Waals surface area contributed by atoms with Crippen LogP contribution in [0.1, 0.15) is 76.6 Å². The first-order valence-corrected chi connectivity index (χ1v) is 24.6. The van der Waals surface area contributed by atoms with Crippen molar-refractivity contribution < 1.29 is 207 Å². The molecule has 0 bridgehead atoms. The van der Waals surface area contributed by atoms with Gasteiger partial charge in [-0.15, -0.1) is 11.8 Å². The maximum Gasteiger partial charge on any atom is 1.00 e. The summed E-state index contributed by atoms with van der Waals surface area (Å²) in [5.41, 5.74) is 6.88. The molecule has 4 heterocycles. The molecule has 6 rings (SSSR count). The maximum absolute atomic E-state index is 14.8. The van der Waals surface area contributed by atoms with Gasteiger partial charge >= 0.3 is 138 Å². The van der Waals surface area contributed by atoms with Crippen molar-refractivity contribution in [2.24, 2.45) is 21.5 Å². The van der Waals surface area contributed by atoms with E-state index in [4.69, 9.17) is 43.0 Å². The van der Waals surface area contributed by atoms with Gasteiger partial charge in [0.2, 0.25) is 5.88 Å². The SMILES string of the molecule is CC#CCO.CC#CCOc1cnc(/C(F)=C/c2ccc(F)c([C@]3(CF)CS(=O)(=O)C(C)(C)C(N)=N3)c2)cn1.CC1(C)C(N)=N[C@](CF)(c2cc(/C=C(\F)c3cnc(Cl)cn3)ccc2F)CS1(=O)=O.O=CO[O-].[Cs+].[Cs+].[H-]. The number of halogens is 7. The Hall–Kier alpha value is -2.80. The third kappa shape index (κ3) is 18.1. The second-order valence-electron chi connectivity index (χ2n) is 16.3. The van der Waals surface area contributed by atoms with E-state index in [0.717, 1.165) is 55.0 Å². The predicted molar refractivity (Wildman–Crippen MR) is 262 cm³/mol. The van der Waals surface area contributed by atoms with E-state index in [1.165, 1.54) is 46.0 Å². The number of ether oxygens (including phenoxy) is 1. The number of aliphatic hydroxyl groups excluding tert-OH is 1. The van der Waals surface area contributed by atoms with E-state index in [1.54, 1.807) is 13.8 Å². The van der Waals surface area contributed by atoms with Crippen molar-refractivity contribution in [1.82, 2.24) is 19.9 Å². The van der Waals surface area contributed by atoms with Gasteiger partial charge in [0.25, 0.3) is 6.47 Å². The van der Waals surface area contributed by atoms with Crippen LogP contribution in [0.25, 0.3) is 23.8 Å². The second kappa shape index (κ2) is 31.1. The van der Waals surface area contributed by atoms with Crippen molar-refractivity contribution in [2.75, 3.05) is 38.1 Å². The molecule has 28 heteroatoms. The molecular formula is C47H49ClCs2F6N8O9S2. The number of nitrogens with two attached hydrogens (primary N) is 2. The van der Waals surface area contributed by atoms with E-state index in [9.17, 15) is 43.2 Å². The van der Waals surface area contributed by atoms with E-state index >= 15 is 0 Å². The molecule has 2 aliphatic rings. The number of nitrogens with zero attached hydrogens (tertiary/aromatic N) is 6. The molecule has 0 radical (unpaired) electrons. The average Bonchev–Trinajstić information content (AvgIpc) is 3.34. The Morgan fingerprint density at radius 1 is 0.760 bits per heavy atom. The zero-order valence-corrected chi connectivity index (χ0v) is 56.7. The molecule has 2 aromatic heterocycles. The first-order valence-electron chi connectivity index (χ1n) is 20.9. The summed E-state index contributed by atoms with van der Waals surface area (Å²) in [6.07, 6.45) is 6.71. The number of aliphatic imine (C=N–C) groups is 2. The van der Waals surface area contributed by atoms with E-state index in [1.807, 2.05) is 0 Å². The number of carbonyl (C=O) groups is 1. The van der Waals surface area contributed by atoms with Crippen LogP contribution in [-0.2, 0) is 40.4 Å². The van der Waals surface area contributed by atoms with Gasteiger partial charge in [0, 0.05) is 11.1 Å². The topological polar surface area (TPSA) is 275 Å².